The first-order valence-corrected chi connectivity index (χ1v) is 11.5. The third-order valence-corrected chi connectivity index (χ3v) is 7.82. The highest BCUT2D eigenvalue weighted by atomic mass is 79.9. The number of hydrogen-bond donors (Lipinski definition) is 1. The van der Waals surface area contributed by atoms with Crippen LogP contribution in [0.3, 0.4) is 0 Å². The number of aliphatic hydroxyl groups excluding tert-OH is 1. The fourth-order valence-electron chi connectivity index (χ4n) is 6.13. The predicted molar refractivity (Wildman–Crippen MR) is 122 cm³/mol. The number of para-hydroxylation sites is 1. The summed E-state index contributed by atoms with van der Waals surface area (Å²) in [6.45, 7) is 6.39. The Hall–Kier alpha value is -2.22. The van der Waals surface area contributed by atoms with Gasteiger partial charge in [0.1, 0.15) is 18.7 Å². The lowest BCUT2D eigenvalue weighted by atomic mass is 9.71. The molecule has 6 rings (SSSR count). The topological polar surface area (TPSA) is 33.1 Å². The quantitative estimate of drug-likeness (QED) is 0.405. The Labute approximate surface area is 208 Å². The molecule has 0 amide bonds. The Morgan fingerprint density at radius 3 is 2.56 bits per heavy atom. The Morgan fingerprint density at radius 2 is 1.85 bits per heavy atom. The van der Waals surface area contributed by atoms with Crippen molar-refractivity contribution >= 4 is 10.9 Å². The first-order valence-electron chi connectivity index (χ1n) is 11.5. The van der Waals surface area contributed by atoms with Crippen molar-refractivity contribution in [2.45, 2.75) is 37.7 Å². The highest BCUT2D eigenvalue weighted by Gasteiger charge is 2.54. The molecule has 0 radical (unpaired) electrons. The number of alkyl halides is 3. The number of rotatable bonds is 5. The number of aliphatic hydroxyl groups is 1. The van der Waals surface area contributed by atoms with Crippen molar-refractivity contribution in [2.24, 2.45) is 11.8 Å². The van der Waals surface area contributed by atoms with Crippen molar-refractivity contribution in [3.8, 4) is 0 Å². The molecule has 1 aromatic heterocycles. The van der Waals surface area contributed by atoms with Crippen LogP contribution in [0.4, 0.5) is 13.2 Å². The van der Waals surface area contributed by atoms with Crippen molar-refractivity contribution in [1.82, 2.24) is 4.98 Å². The van der Waals surface area contributed by atoms with Crippen molar-refractivity contribution < 1.29 is 39.7 Å². The van der Waals surface area contributed by atoms with E-state index in [1.807, 2.05) is 36.4 Å². The summed E-state index contributed by atoms with van der Waals surface area (Å²) < 4.78 is 39.8. The lowest BCUT2D eigenvalue weighted by Crippen LogP contribution is -3.00. The van der Waals surface area contributed by atoms with Crippen LogP contribution in [0, 0.1) is 11.8 Å². The van der Waals surface area contributed by atoms with Crippen molar-refractivity contribution in [3.05, 3.63) is 90.1 Å². The molecule has 7 heteroatoms. The van der Waals surface area contributed by atoms with Gasteiger partial charge in [-0.25, -0.2) is 0 Å². The fourth-order valence-corrected chi connectivity index (χ4v) is 6.13. The molecule has 0 saturated carbocycles. The van der Waals surface area contributed by atoms with E-state index >= 15 is 0 Å². The Kier molecular flexibility index (Phi) is 6.91. The maximum atomic E-state index is 13.1. The highest BCUT2D eigenvalue weighted by molar-refractivity contribution is 5.82. The van der Waals surface area contributed by atoms with Crippen LogP contribution in [-0.2, 0) is 12.7 Å². The minimum atomic E-state index is -4.34. The molecule has 180 valence electrons. The van der Waals surface area contributed by atoms with Crippen LogP contribution >= 0.6 is 0 Å². The van der Waals surface area contributed by atoms with Crippen molar-refractivity contribution in [3.63, 3.8) is 0 Å². The van der Waals surface area contributed by atoms with Gasteiger partial charge >= 0.3 is 6.18 Å². The molecule has 3 aliphatic rings. The number of pyridine rings is 1. The molecule has 0 spiro atoms. The number of nitrogens with zero attached hydrogens (tertiary/aromatic N) is 2. The van der Waals surface area contributed by atoms with Crippen LogP contribution in [0.5, 0.6) is 0 Å². The molecular formula is C27H28BrF3N2O. The number of aromatic nitrogens is 1. The molecule has 4 heterocycles. The van der Waals surface area contributed by atoms with Crippen molar-refractivity contribution in [2.75, 3.05) is 13.1 Å². The summed E-state index contributed by atoms with van der Waals surface area (Å²) in [5.41, 5.74) is 1.96. The largest absolute Gasteiger partial charge is 1.00 e. The summed E-state index contributed by atoms with van der Waals surface area (Å²) in [6.07, 6.45) is 0.648. The van der Waals surface area contributed by atoms with E-state index in [0.717, 1.165) is 60.1 Å². The number of piperidine rings is 3. The van der Waals surface area contributed by atoms with Crippen LogP contribution in [0.1, 0.15) is 35.6 Å². The molecule has 2 aromatic carbocycles. The van der Waals surface area contributed by atoms with Gasteiger partial charge in [-0.1, -0.05) is 36.4 Å². The third kappa shape index (κ3) is 4.41. The summed E-state index contributed by atoms with van der Waals surface area (Å²) in [4.78, 5) is 4.43. The summed E-state index contributed by atoms with van der Waals surface area (Å²) in [7, 11) is 0. The van der Waals surface area contributed by atoms with E-state index in [1.54, 1.807) is 18.3 Å². The SMILES string of the molecule is C=CC1C[N+]2(Cc3ccc(C(F)(F)F)cc3)CC[C@H]1CC2C(O)c1ccnc2ccccc12.[Br-]. The molecule has 1 N–H and O–H groups in total. The van der Waals surface area contributed by atoms with Gasteiger partial charge in [-0.3, -0.25) is 4.98 Å². The van der Waals surface area contributed by atoms with Gasteiger partial charge in [-0.05, 0) is 35.7 Å². The molecule has 3 aliphatic heterocycles. The highest BCUT2D eigenvalue weighted by Crippen LogP contribution is 2.48. The predicted octanol–water partition coefficient (Wildman–Crippen LogP) is 2.90. The van der Waals surface area contributed by atoms with Gasteiger partial charge in [-0.15, -0.1) is 6.58 Å². The van der Waals surface area contributed by atoms with Gasteiger partial charge in [0.05, 0.1) is 24.2 Å². The minimum absolute atomic E-state index is 0. The Morgan fingerprint density at radius 1 is 1.12 bits per heavy atom. The summed E-state index contributed by atoms with van der Waals surface area (Å²) in [6, 6.07) is 15.2. The van der Waals surface area contributed by atoms with Crippen LogP contribution < -0.4 is 17.0 Å². The maximum absolute atomic E-state index is 13.1. The first kappa shape index (κ1) is 24.9. The Balaban J connectivity index is 0.00000274. The smallest absolute Gasteiger partial charge is 0.416 e. The fraction of sp³-hybridized carbons (Fsp3) is 0.370. The third-order valence-electron chi connectivity index (χ3n) is 7.82. The molecule has 3 fully saturated rings. The van der Waals surface area contributed by atoms with E-state index < -0.39 is 17.8 Å². The molecule has 3 nitrogen and oxygen atoms in total. The van der Waals surface area contributed by atoms with E-state index in [4.69, 9.17) is 0 Å². The lowest BCUT2D eigenvalue weighted by Gasteiger charge is -2.58. The van der Waals surface area contributed by atoms with Gasteiger partial charge in [0.2, 0.25) is 0 Å². The molecule has 3 saturated heterocycles. The van der Waals surface area contributed by atoms with Gasteiger partial charge in [0, 0.05) is 35.9 Å². The van der Waals surface area contributed by atoms with Crippen LogP contribution in [0.25, 0.3) is 10.9 Å². The zero-order valence-electron chi connectivity index (χ0n) is 18.8. The average molecular weight is 533 g/mol. The second kappa shape index (κ2) is 9.44. The monoisotopic (exact) mass is 532 g/mol. The summed E-state index contributed by atoms with van der Waals surface area (Å²) >= 11 is 0. The van der Waals surface area contributed by atoms with Crippen LogP contribution in [0.15, 0.2) is 73.4 Å². The maximum Gasteiger partial charge on any atom is 0.416 e. The number of benzene rings is 2. The average Bonchev–Trinajstić information content (AvgIpc) is 2.83. The molecule has 3 aromatic rings. The van der Waals surface area contributed by atoms with Gasteiger partial charge in [-0.2, -0.15) is 13.2 Å². The van der Waals surface area contributed by atoms with Crippen LogP contribution in [0.2, 0.25) is 0 Å². The lowest BCUT2D eigenvalue weighted by molar-refractivity contribution is -0.984. The number of quaternary nitrogens is 1. The number of hydrogen-bond acceptors (Lipinski definition) is 2. The number of fused-ring (bicyclic) bond motifs is 4. The van der Waals surface area contributed by atoms with E-state index in [2.05, 4.69) is 11.6 Å². The van der Waals surface area contributed by atoms with Crippen molar-refractivity contribution in [1.29, 1.82) is 0 Å². The Bertz CT molecular complexity index is 1160. The second-order valence-corrected chi connectivity index (χ2v) is 9.59. The molecule has 2 bridgehead atoms. The van der Waals surface area contributed by atoms with E-state index in [9.17, 15) is 18.3 Å². The standard InChI is InChI=1S/C27H28F3N2O.BrH/c1-2-19-17-32(16-18-7-9-21(10-8-18)27(28,29)30)14-12-20(19)15-25(32)26(33)23-11-13-31-24-6-4-3-5-22(23)24;/h2-11,13,19-20,25-26,33H,1,12,14-17H2;1H/q+1;/p-1/t19?,20-,25?,26?,32?;/m0./s1. The van der Waals surface area contributed by atoms with Gasteiger partial charge < -0.3 is 26.6 Å². The van der Waals surface area contributed by atoms with Gasteiger partial charge in [0.15, 0.2) is 0 Å². The molecular weight excluding hydrogens is 505 g/mol. The minimum Gasteiger partial charge on any atom is -1.00 e. The summed E-state index contributed by atoms with van der Waals surface area (Å²) in [5, 5.41) is 12.6. The molecule has 5 atom stereocenters. The van der Waals surface area contributed by atoms with E-state index in [-0.39, 0.29) is 23.0 Å². The molecule has 4 unspecified atom stereocenters. The zero-order chi connectivity index (χ0) is 23.2. The first-order chi connectivity index (χ1) is 15.8. The molecule has 0 aliphatic carbocycles. The van der Waals surface area contributed by atoms with Crippen LogP contribution in [-0.4, -0.2) is 33.7 Å². The van der Waals surface area contributed by atoms with E-state index in [0.29, 0.717) is 22.9 Å². The normalized spacial score (nSPS) is 27.2. The van der Waals surface area contributed by atoms with Gasteiger partial charge in [0.25, 0.3) is 0 Å². The molecule has 34 heavy (non-hydrogen) atoms. The summed E-state index contributed by atoms with van der Waals surface area (Å²) in [5.74, 6) is 0.827. The second-order valence-electron chi connectivity index (χ2n) is 9.59. The number of halogens is 4. The van der Waals surface area contributed by atoms with E-state index in [1.165, 1.54) is 0 Å². The zero-order valence-corrected chi connectivity index (χ0v) is 20.3.